The summed E-state index contributed by atoms with van der Waals surface area (Å²) < 4.78 is -0.0133. The molecular weight excluding hydrogens is 276 g/mol. The third-order valence-electron chi connectivity index (χ3n) is 4.91. The maximum absolute atomic E-state index is 12.7. The Morgan fingerprint density at radius 1 is 1.20 bits per heavy atom. The second-order valence-electron chi connectivity index (χ2n) is 5.68. The van der Waals surface area contributed by atoms with Gasteiger partial charge in [-0.25, -0.2) is 4.79 Å². The minimum atomic E-state index is -1.07. The van der Waals surface area contributed by atoms with E-state index in [1.54, 1.807) is 11.8 Å². The Morgan fingerprint density at radius 3 is 2.20 bits per heavy atom. The molecule has 0 atom stereocenters. The van der Waals surface area contributed by atoms with Crippen LogP contribution in [0.5, 0.6) is 0 Å². The van der Waals surface area contributed by atoms with Crippen molar-refractivity contribution in [2.45, 2.75) is 50.7 Å². The van der Waals surface area contributed by atoms with Crippen LogP contribution in [0.3, 0.4) is 0 Å². The number of barbiturate groups is 1. The van der Waals surface area contributed by atoms with Crippen LogP contribution in [0.25, 0.3) is 0 Å². The molecule has 1 N–H and O–H groups in total. The van der Waals surface area contributed by atoms with Crippen molar-refractivity contribution in [2.24, 2.45) is 5.41 Å². The predicted octanol–water partition coefficient (Wildman–Crippen LogP) is 2.16. The molecule has 0 bridgehead atoms. The standard InChI is InChI=1S/C14H22N2O3S/c1-4-14(5-2)10(17)15-12(19)16(11(14)18)9-13(20-3)7-6-8-13/h4-9H2,1-3H3,(H,15,17,19). The van der Waals surface area contributed by atoms with Crippen LogP contribution in [0.4, 0.5) is 4.79 Å². The molecule has 1 saturated carbocycles. The Bertz CT molecular complexity index is 436. The van der Waals surface area contributed by atoms with Crippen molar-refractivity contribution in [3.05, 3.63) is 0 Å². The summed E-state index contributed by atoms with van der Waals surface area (Å²) in [4.78, 5) is 38.1. The van der Waals surface area contributed by atoms with E-state index in [9.17, 15) is 14.4 Å². The van der Waals surface area contributed by atoms with Crippen LogP contribution in [-0.2, 0) is 9.59 Å². The zero-order chi connectivity index (χ0) is 15.0. The second kappa shape index (κ2) is 5.39. The molecule has 4 amide bonds. The first kappa shape index (κ1) is 15.4. The summed E-state index contributed by atoms with van der Waals surface area (Å²) in [6, 6.07) is -0.558. The van der Waals surface area contributed by atoms with Crippen LogP contribution in [0.15, 0.2) is 0 Å². The molecule has 5 nitrogen and oxygen atoms in total. The number of thioether (sulfide) groups is 1. The molecule has 1 heterocycles. The van der Waals surface area contributed by atoms with Crippen molar-refractivity contribution in [3.8, 4) is 0 Å². The lowest BCUT2D eigenvalue weighted by Crippen LogP contribution is -2.66. The number of hydrogen-bond acceptors (Lipinski definition) is 4. The Labute approximate surface area is 123 Å². The normalized spacial score (nSPS) is 24.4. The Kier molecular flexibility index (Phi) is 4.14. The summed E-state index contributed by atoms with van der Waals surface area (Å²) in [5.74, 6) is -0.767. The topological polar surface area (TPSA) is 66.5 Å². The minimum Gasteiger partial charge on any atom is -0.277 e. The molecule has 1 saturated heterocycles. The highest BCUT2D eigenvalue weighted by Gasteiger charge is 2.53. The first-order valence-electron chi connectivity index (χ1n) is 7.17. The fourth-order valence-corrected chi connectivity index (χ4v) is 3.99. The van der Waals surface area contributed by atoms with Crippen molar-refractivity contribution >= 4 is 29.6 Å². The first-order chi connectivity index (χ1) is 9.44. The number of hydrogen-bond donors (Lipinski definition) is 1. The van der Waals surface area contributed by atoms with Crippen LogP contribution in [0.2, 0.25) is 0 Å². The summed E-state index contributed by atoms with van der Waals surface area (Å²) >= 11 is 1.71. The molecule has 1 aliphatic heterocycles. The highest BCUT2D eigenvalue weighted by atomic mass is 32.2. The fourth-order valence-electron chi connectivity index (χ4n) is 3.04. The van der Waals surface area contributed by atoms with Gasteiger partial charge in [-0.1, -0.05) is 20.3 Å². The zero-order valence-electron chi connectivity index (χ0n) is 12.3. The van der Waals surface area contributed by atoms with Gasteiger partial charge in [-0.3, -0.25) is 19.8 Å². The molecule has 6 heteroatoms. The van der Waals surface area contributed by atoms with Gasteiger partial charge in [0.2, 0.25) is 11.8 Å². The monoisotopic (exact) mass is 298 g/mol. The summed E-state index contributed by atoms with van der Waals surface area (Å²) in [6.45, 7) is 4.05. The average molecular weight is 298 g/mol. The lowest BCUT2D eigenvalue weighted by atomic mass is 9.77. The van der Waals surface area contributed by atoms with Gasteiger partial charge in [-0.2, -0.15) is 11.8 Å². The third kappa shape index (κ3) is 2.14. The van der Waals surface area contributed by atoms with E-state index in [-0.39, 0.29) is 10.7 Å². The van der Waals surface area contributed by atoms with E-state index in [4.69, 9.17) is 0 Å². The van der Waals surface area contributed by atoms with E-state index in [0.717, 1.165) is 19.3 Å². The Morgan fingerprint density at radius 2 is 1.80 bits per heavy atom. The minimum absolute atomic E-state index is 0.0133. The lowest BCUT2D eigenvalue weighted by Gasteiger charge is -2.46. The predicted molar refractivity (Wildman–Crippen MR) is 78.4 cm³/mol. The van der Waals surface area contributed by atoms with Gasteiger partial charge in [0, 0.05) is 11.3 Å². The fraction of sp³-hybridized carbons (Fsp3) is 0.786. The Hall–Kier alpha value is -1.04. The number of amides is 4. The van der Waals surface area contributed by atoms with E-state index in [0.29, 0.717) is 19.4 Å². The van der Waals surface area contributed by atoms with Crippen LogP contribution >= 0.6 is 11.8 Å². The van der Waals surface area contributed by atoms with Gasteiger partial charge < -0.3 is 0 Å². The van der Waals surface area contributed by atoms with E-state index < -0.39 is 17.4 Å². The van der Waals surface area contributed by atoms with E-state index in [1.807, 2.05) is 20.1 Å². The average Bonchev–Trinajstić information content (AvgIpc) is 2.38. The smallest absolute Gasteiger partial charge is 0.277 e. The SMILES string of the molecule is CCC1(CC)C(=O)NC(=O)N(CC2(SC)CCC2)C1=O. The van der Waals surface area contributed by atoms with Gasteiger partial charge in [-0.05, 0) is 31.9 Å². The summed E-state index contributed by atoms with van der Waals surface area (Å²) in [5, 5.41) is 2.37. The number of carbonyl (C=O) groups is 3. The second-order valence-corrected chi connectivity index (χ2v) is 6.95. The third-order valence-corrected chi connectivity index (χ3v) is 6.31. The molecule has 20 heavy (non-hydrogen) atoms. The molecule has 0 spiro atoms. The number of nitrogens with zero attached hydrogens (tertiary/aromatic N) is 1. The van der Waals surface area contributed by atoms with Crippen molar-refractivity contribution in [2.75, 3.05) is 12.8 Å². The summed E-state index contributed by atoms with van der Waals surface area (Å²) in [6.07, 6.45) is 6.03. The molecule has 0 unspecified atom stereocenters. The van der Waals surface area contributed by atoms with Crippen LogP contribution in [0.1, 0.15) is 46.0 Å². The van der Waals surface area contributed by atoms with Gasteiger partial charge in [-0.15, -0.1) is 0 Å². The van der Waals surface area contributed by atoms with E-state index in [1.165, 1.54) is 4.90 Å². The molecule has 2 aliphatic rings. The van der Waals surface area contributed by atoms with E-state index >= 15 is 0 Å². The lowest BCUT2D eigenvalue weighted by molar-refractivity contribution is -0.152. The molecule has 2 rings (SSSR count). The van der Waals surface area contributed by atoms with Gasteiger partial charge in [0.05, 0.1) is 0 Å². The molecule has 2 fully saturated rings. The quantitative estimate of drug-likeness (QED) is 0.790. The van der Waals surface area contributed by atoms with Gasteiger partial charge in [0.25, 0.3) is 0 Å². The van der Waals surface area contributed by atoms with Crippen molar-refractivity contribution in [1.82, 2.24) is 10.2 Å². The summed E-state index contributed by atoms with van der Waals surface area (Å²) in [5.41, 5.74) is -1.07. The number of carbonyl (C=O) groups excluding carboxylic acids is 3. The molecule has 1 aliphatic carbocycles. The van der Waals surface area contributed by atoms with Crippen molar-refractivity contribution in [1.29, 1.82) is 0 Å². The van der Waals surface area contributed by atoms with Crippen molar-refractivity contribution in [3.63, 3.8) is 0 Å². The molecule has 112 valence electrons. The number of nitrogens with one attached hydrogen (secondary N) is 1. The highest BCUT2D eigenvalue weighted by Crippen LogP contribution is 2.44. The maximum Gasteiger partial charge on any atom is 0.330 e. The van der Waals surface area contributed by atoms with Crippen molar-refractivity contribution < 1.29 is 14.4 Å². The highest BCUT2D eigenvalue weighted by molar-refractivity contribution is 8.00. The van der Waals surface area contributed by atoms with Gasteiger partial charge in [0.1, 0.15) is 5.41 Å². The molecule has 0 aromatic heterocycles. The largest absolute Gasteiger partial charge is 0.330 e. The Balaban J connectivity index is 2.26. The number of urea groups is 1. The molecule has 0 aromatic rings. The molecule has 0 aromatic carbocycles. The van der Waals surface area contributed by atoms with Gasteiger partial charge in [0.15, 0.2) is 0 Å². The molecule has 0 radical (unpaired) electrons. The van der Waals surface area contributed by atoms with Gasteiger partial charge >= 0.3 is 6.03 Å². The van der Waals surface area contributed by atoms with Crippen LogP contribution in [-0.4, -0.2) is 40.3 Å². The zero-order valence-corrected chi connectivity index (χ0v) is 13.1. The van der Waals surface area contributed by atoms with E-state index in [2.05, 4.69) is 5.32 Å². The summed E-state index contributed by atoms with van der Waals surface area (Å²) in [7, 11) is 0. The molecular formula is C14H22N2O3S. The first-order valence-corrected chi connectivity index (χ1v) is 8.39. The number of imide groups is 2. The van der Waals surface area contributed by atoms with Crippen LogP contribution < -0.4 is 5.32 Å². The maximum atomic E-state index is 12.7. The number of rotatable bonds is 5. The van der Waals surface area contributed by atoms with Crippen LogP contribution in [0, 0.1) is 5.41 Å².